The van der Waals surface area contributed by atoms with Crippen LogP contribution in [0.15, 0.2) is 12.2 Å². The van der Waals surface area contributed by atoms with Gasteiger partial charge >= 0.3 is 12.2 Å². The van der Waals surface area contributed by atoms with Crippen molar-refractivity contribution in [3.8, 4) is 0 Å². The Morgan fingerprint density at radius 3 is 1.40 bits per heavy atom. The van der Waals surface area contributed by atoms with Crippen LogP contribution in [-0.4, -0.2) is 36.5 Å². The van der Waals surface area contributed by atoms with Crippen molar-refractivity contribution in [1.82, 2.24) is 10.6 Å². The number of hydrogen-bond acceptors (Lipinski definition) is 4. The highest BCUT2D eigenvalue weighted by Crippen LogP contribution is 2.07. The Morgan fingerprint density at radius 2 is 1.15 bits per heavy atom. The van der Waals surface area contributed by atoms with Crippen LogP contribution in [0.1, 0.15) is 41.5 Å². The minimum absolute atomic E-state index is 0.227. The minimum Gasteiger partial charge on any atom is -0.444 e. The third-order valence-corrected chi connectivity index (χ3v) is 1.76. The molecule has 6 heteroatoms. The highest BCUT2D eigenvalue weighted by Gasteiger charge is 2.17. The van der Waals surface area contributed by atoms with Crippen molar-refractivity contribution >= 4 is 12.2 Å². The van der Waals surface area contributed by atoms with Gasteiger partial charge in [0.15, 0.2) is 0 Å². The number of amides is 2. The number of carbonyl (C=O) groups is 2. The van der Waals surface area contributed by atoms with Gasteiger partial charge in [-0.15, -0.1) is 0 Å². The lowest BCUT2D eigenvalue weighted by atomic mass is 10.2. The summed E-state index contributed by atoms with van der Waals surface area (Å²) in [6.07, 6.45) is -1.04. The van der Waals surface area contributed by atoms with Gasteiger partial charge in [0.05, 0.1) is 0 Å². The second-order valence-electron chi connectivity index (χ2n) is 6.46. The molecule has 0 aliphatic rings. The van der Waals surface area contributed by atoms with Crippen LogP contribution in [0.3, 0.4) is 0 Å². The second-order valence-corrected chi connectivity index (χ2v) is 6.46. The van der Waals surface area contributed by atoms with E-state index in [0.717, 1.165) is 0 Å². The Balaban J connectivity index is 3.91. The zero-order valence-electron chi connectivity index (χ0n) is 13.3. The summed E-state index contributed by atoms with van der Waals surface area (Å²) < 4.78 is 10.2. The van der Waals surface area contributed by atoms with Crippen molar-refractivity contribution in [2.24, 2.45) is 0 Å². The summed E-state index contributed by atoms with van der Waals surface area (Å²) in [5.74, 6) is 0. The van der Waals surface area contributed by atoms with Crippen molar-refractivity contribution in [2.45, 2.75) is 52.7 Å². The van der Waals surface area contributed by atoms with E-state index in [1.165, 1.54) is 0 Å². The summed E-state index contributed by atoms with van der Waals surface area (Å²) in [4.78, 5) is 22.8. The van der Waals surface area contributed by atoms with Gasteiger partial charge in [-0.1, -0.05) is 6.58 Å². The molecule has 0 fully saturated rings. The molecule has 0 aromatic carbocycles. The summed E-state index contributed by atoms with van der Waals surface area (Å²) in [6.45, 7) is 14.9. The fraction of sp³-hybridized carbons (Fsp3) is 0.714. The van der Waals surface area contributed by atoms with E-state index in [9.17, 15) is 9.59 Å². The molecule has 0 atom stereocenters. The Labute approximate surface area is 120 Å². The summed E-state index contributed by atoms with van der Waals surface area (Å²) in [7, 11) is 0. The summed E-state index contributed by atoms with van der Waals surface area (Å²) in [5.41, 5.74) is -0.442. The smallest absolute Gasteiger partial charge is 0.407 e. The Hall–Kier alpha value is -1.72. The van der Waals surface area contributed by atoms with Crippen LogP contribution >= 0.6 is 0 Å². The number of hydrogen-bond donors (Lipinski definition) is 2. The van der Waals surface area contributed by atoms with Gasteiger partial charge in [0.25, 0.3) is 0 Å². The zero-order valence-corrected chi connectivity index (χ0v) is 13.3. The molecule has 0 saturated carbocycles. The molecule has 0 aromatic rings. The topological polar surface area (TPSA) is 76.7 Å². The number of nitrogens with one attached hydrogen (secondary N) is 2. The third kappa shape index (κ3) is 11.4. The van der Waals surface area contributed by atoms with Gasteiger partial charge in [-0.05, 0) is 47.1 Å². The van der Waals surface area contributed by atoms with E-state index >= 15 is 0 Å². The molecule has 0 spiro atoms. The van der Waals surface area contributed by atoms with Crippen LogP contribution < -0.4 is 10.6 Å². The molecule has 0 radical (unpaired) electrons. The average molecular weight is 286 g/mol. The summed E-state index contributed by atoms with van der Waals surface area (Å²) >= 11 is 0. The van der Waals surface area contributed by atoms with Crippen LogP contribution in [0.5, 0.6) is 0 Å². The number of alkyl carbamates (subject to hydrolysis) is 2. The van der Waals surface area contributed by atoms with Crippen LogP contribution in [-0.2, 0) is 9.47 Å². The van der Waals surface area contributed by atoms with Gasteiger partial charge in [-0.2, -0.15) is 0 Å². The standard InChI is InChI=1S/C14H26N2O4/c1-10(8-15-11(17)19-13(2,3)4)9-16-12(18)20-14(5,6)7/h1,8-9H2,2-7H3,(H,15,17)(H,16,18). The molecule has 0 unspecified atom stereocenters. The SMILES string of the molecule is C=C(CNC(=O)OC(C)(C)C)CNC(=O)OC(C)(C)C. The molecule has 2 amide bonds. The van der Waals surface area contributed by atoms with E-state index in [1.807, 2.05) is 0 Å². The highest BCUT2D eigenvalue weighted by molar-refractivity contribution is 5.69. The number of carbonyl (C=O) groups excluding carboxylic acids is 2. The molecule has 2 N–H and O–H groups in total. The average Bonchev–Trinajstić information content (AvgIpc) is 2.18. The molecule has 6 nitrogen and oxygen atoms in total. The second kappa shape index (κ2) is 7.17. The fourth-order valence-electron chi connectivity index (χ4n) is 1.09. The first-order chi connectivity index (χ1) is 8.89. The molecule has 0 heterocycles. The van der Waals surface area contributed by atoms with Gasteiger partial charge in [0.1, 0.15) is 11.2 Å². The number of ether oxygens (including phenoxy) is 2. The monoisotopic (exact) mass is 286 g/mol. The van der Waals surface area contributed by atoms with Crippen molar-refractivity contribution < 1.29 is 19.1 Å². The van der Waals surface area contributed by atoms with E-state index in [1.54, 1.807) is 41.5 Å². The quantitative estimate of drug-likeness (QED) is 0.779. The van der Waals surface area contributed by atoms with Crippen LogP contribution in [0, 0.1) is 0 Å². The predicted octanol–water partition coefficient (Wildman–Crippen LogP) is 2.59. The van der Waals surface area contributed by atoms with Gasteiger partial charge in [-0.25, -0.2) is 9.59 Å². The van der Waals surface area contributed by atoms with E-state index in [2.05, 4.69) is 17.2 Å². The minimum atomic E-state index is -0.541. The molecule has 0 aliphatic carbocycles. The third-order valence-electron chi connectivity index (χ3n) is 1.76. The molecule has 0 saturated heterocycles. The Morgan fingerprint density at radius 1 is 0.850 bits per heavy atom. The van der Waals surface area contributed by atoms with E-state index in [-0.39, 0.29) is 13.1 Å². The molecular weight excluding hydrogens is 260 g/mol. The van der Waals surface area contributed by atoms with Crippen molar-refractivity contribution in [2.75, 3.05) is 13.1 Å². The van der Waals surface area contributed by atoms with Crippen molar-refractivity contribution in [3.63, 3.8) is 0 Å². The van der Waals surface area contributed by atoms with E-state index in [0.29, 0.717) is 5.57 Å². The molecular formula is C14H26N2O4. The van der Waals surface area contributed by atoms with Crippen LogP contribution in [0.2, 0.25) is 0 Å². The van der Waals surface area contributed by atoms with E-state index in [4.69, 9.17) is 9.47 Å². The molecule has 0 rings (SSSR count). The van der Waals surface area contributed by atoms with Gasteiger partial charge < -0.3 is 20.1 Å². The Kier molecular flexibility index (Phi) is 6.55. The fourth-order valence-corrected chi connectivity index (χ4v) is 1.09. The largest absolute Gasteiger partial charge is 0.444 e. The summed E-state index contributed by atoms with van der Waals surface area (Å²) in [5, 5.41) is 5.12. The van der Waals surface area contributed by atoms with Crippen LogP contribution in [0.25, 0.3) is 0 Å². The molecule has 0 aliphatic heterocycles. The van der Waals surface area contributed by atoms with Crippen molar-refractivity contribution in [3.05, 3.63) is 12.2 Å². The molecule has 0 bridgehead atoms. The lowest BCUT2D eigenvalue weighted by Crippen LogP contribution is -2.37. The number of rotatable bonds is 4. The van der Waals surface area contributed by atoms with Gasteiger partial charge in [-0.3, -0.25) is 0 Å². The van der Waals surface area contributed by atoms with Gasteiger partial charge in [0, 0.05) is 13.1 Å². The maximum absolute atomic E-state index is 11.4. The van der Waals surface area contributed by atoms with E-state index < -0.39 is 23.4 Å². The molecule has 0 aromatic heterocycles. The normalized spacial score (nSPS) is 11.5. The first-order valence-corrected chi connectivity index (χ1v) is 6.49. The first kappa shape index (κ1) is 18.3. The van der Waals surface area contributed by atoms with Crippen LogP contribution in [0.4, 0.5) is 9.59 Å². The predicted molar refractivity (Wildman–Crippen MR) is 77.6 cm³/mol. The lowest BCUT2D eigenvalue weighted by Gasteiger charge is -2.21. The first-order valence-electron chi connectivity index (χ1n) is 6.49. The highest BCUT2D eigenvalue weighted by atomic mass is 16.6. The summed E-state index contributed by atoms with van der Waals surface area (Å²) in [6, 6.07) is 0. The lowest BCUT2D eigenvalue weighted by molar-refractivity contribution is 0.0530. The maximum Gasteiger partial charge on any atom is 0.407 e. The van der Waals surface area contributed by atoms with Gasteiger partial charge in [0.2, 0.25) is 0 Å². The molecule has 20 heavy (non-hydrogen) atoms. The molecule has 116 valence electrons. The Bertz CT molecular complexity index is 330. The van der Waals surface area contributed by atoms with Crippen molar-refractivity contribution in [1.29, 1.82) is 0 Å². The zero-order chi connectivity index (χ0) is 16.0. The maximum atomic E-state index is 11.4.